The van der Waals surface area contributed by atoms with Gasteiger partial charge in [0, 0.05) is 48.4 Å². The van der Waals surface area contributed by atoms with Crippen LogP contribution in [0.15, 0.2) is 42.3 Å². The molecule has 0 bridgehead atoms. The number of alkyl carbamates (subject to hydrolysis) is 1. The topological polar surface area (TPSA) is 191 Å². The molecule has 3 amide bonds. The smallest absolute Gasteiger partial charge is 0.408 e. The molecule has 8 atom stereocenters. The molecular formula is C42H54N6O9S. The number of carbonyl (C=O) groups is 4. The van der Waals surface area contributed by atoms with Gasteiger partial charge in [0.05, 0.1) is 24.4 Å². The van der Waals surface area contributed by atoms with Crippen LogP contribution in [0.3, 0.4) is 0 Å². The van der Waals surface area contributed by atoms with Gasteiger partial charge in [0.1, 0.15) is 53.6 Å². The van der Waals surface area contributed by atoms with Gasteiger partial charge in [-0.3, -0.25) is 9.59 Å². The summed E-state index contributed by atoms with van der Waals surface area (Å²) in [5, 5.41) is 22.3. The number of nitrogens with one attached hydrogen (secondary N) is 3. The van der Waals surface area contributed by atoms with Gasteiger partial charge in [-0.05, 0) is 68.9 Å². The fourth-order valence-corrected chi connectivity index (χ4v) is 9.04. The molecule has 3 aliphatic carbocycles. The minimum atomic E-state index is -1.52. The molecule has 3 aromatic rings. The highest BCUT2D eigenvalue weighted by Crippen LogP contribution is 2.52. The Hall–Kier alpha value is -4.96. The summed E-state index contributed by atoms with van der Waals surface area (Å²) in [4.78, 5) is 65.7. The summed E-state index contributed by atoms with van der Waals surface area (Å²) in [5.41, 5.74) is -0.539. The van der Waals surface area contributed by atoms with E-state index in [9.17, 15) is 24.3 Å². The first-order valence-electron chi connectivity index (χ1n) is 20.0. The van der Waals surface area contributed by atoms with E-state index >= 15 is 0 Å². The average Bonchev–Trinajstić information content (AvgIpc) is 3.83. The Balaban J connectivity index is 1.19. The SMILES string of the molecule is C=C[C@@H]1C[C@]1(NC(=O)C1C[C@@H](Oc2cc(-c3csc(NC(C)C)n3)nc3cc(OCCOC)ccc23)CN1C(=O)[C@@H](NC(=O)O[C@@H]1C[C@@H]2C[C@@H]2C1)C(C)(C)C)C(=O)O. The van der Waals surface area contributed by atoms with Crippen molar-refractivity contribution in [3.8, 4) is 22.9 Å². The molecule has 3 heterocycles. The summed E-state index contributed by atoms with van der Waals surface area (Å²) >= 11 is 1.46. The Morgan fingerprint density at radius 1 is 1.05 bits per heavy atom. The number of carbonyl (C=O) groups excluding carboxylic acids is 3. The van der Waals surface area contributed by atoms with Crippen molar-refractivity contribution in [3.63, 3.8) is 0 Å². The van der Waals surface area contributed by atoms with Crippen LogP contribution in [0.4, 0.5) is 9.93 Å². The first-order chi connectivity index (χ1) is 27.6. The van der Waals surface area contributed by atoms with Gasteiger partial charge < -0.3 is 44.9 Å². The van der Waals surface area contributed by atoms with Gasteiger partial charge in [-0.2, -0.15) is 0 Å². The van der Waals surface area contributed by atoms with E-state index in [-0.39, 0.29) is 31.5 Å². The van der Waals surface area contributed by atoms with E-state index in [0.29, 0.717) is 58.8 Å². The molecule has 15 nitrogen and oxygen atoms in total. The van der Waals surface area contributed by atoms with E-state index in [1.54, 1.807) is 13.2 Å². The number of benzene rings is 1. The first-order valence-corrected chi connectivity index (χ1v) is 20.9. The fourth-order valence-electron chi connectivity index (χ4n) is 8.19. The zero-order chi connectivity index (χ0) is 41.5. The number of likely N-dealkylation sites (tertiary alicyclic amines) is 1. The van der Waals surface area contributed by atoms with Crippen LogP contribution in [0.2, 0.25) is 0 Å². The molecule has 58 heavy (non-hydrogen) atoms. The van der Waals surface area contributed by atoms with Crippen LogP contribution in [0, 0.1) is 23.2 Å². The molecule has 2 aromatic heterocycles. The highest BCUT2D eigenvalue weighted by atomic mass is 32.1. The van der Waals surface area contributed by atoms with Crippen LogP contribution in [0.5, 0.6) is 11.5 Å². The van der Waals surface area contributed by atoms with Gasteiger partial charge in [-0.1, -0.05) is 26.8 Å². The van der Waals surface area contributed by atoms with Gasteiger partial charge in [0.15, 0.2) is 5.13 Å². The van der Waals surface area contributed by atoms with E-state index in [4.69, 9.17) is 28.9 Å². The second-order valence-electron chi connectivity index (χ2n) is 17.4. The third kappa shape index (κ3) is 8.87. The van der Waals surface area contributed by atoms with Crippen LogP contribution >= 0.6 is 11.3 Å². The van der Waals surface area contributed by atoms with E-state index in [1.165, 1.54) is 28.7 Å². The van der Waals surface area contributed by atoms with Crippen LogP contribution in [0.25, 0.3) is 22.3 Å². The molecule has 3 saturated carbocycles. The lowest BCUT2D eigenvalue weighted by Crippen LogP contribution is -2.59. The number of nitrogens with zero attached hydrogens (tertiary/aromatic N) is 3. The monoisotopic (exact) mass is 818 g/mol. The third-order valence-electron chi connectivity index (χ3n) is 11.5. The maximum absolute atomic E-state index is 14.7. The number of pyridine rings is 1. The zero-order valence-corrected chi connectivity index (χ0v) is 34.7. The minimum Gasteiger partial charge on any atom is -0.491 e. The summed E-state index contributed by atoms with van der Waals surface area (Å²) in [7, 11) is 1.60. The number of aromatic nitrogens is 2. The Kier molecular flexibility index (Phi) is 11.6. The van der Waals surface area contributed by atoms with Crippen LogP contribution in [-0.4, -0.2) is 107 Å². The maximum Gasteiger partial charge on any atom is 0.408 e. The number of hydrogen-bond donors (Lipinski definition) is 4. The Labute approximate surface area is 342 Å². The van der Waals surface area contributed by atoms with Gasteiger partial charge in [0.2, 0.25) is 11.8 Å². The summed E-state index contributed by atoms with van der Waals surface area (Å²) in [5.74, 6) is -0.521. The molecule has 1 saturated heterocycles. The first kappa shape index (κ1) is 41.2. The van der Waals surface area contributed by atoms with Crippen LogP contribution in [0.1, 0.15) is 66.7 Å². The van der Waals surface area contributed by atoms with Crippen molar-refractivity contribution in [2.45, 2.75) is 103 Å². The maximum atomic E-state index is 14.7. The molecule has 7 rings (SSSR count). The standard InChI is InChI=1S/C42H54N6O9S/c1-8-25-19-42(25,38(51)52)47-36(49)33-17-28(20-48(33)37(50)35(41(4,5)6)46-40(53)57-27-14-23-13-24(23)15-27)56-34-18-31(32-21-58-39(45-32)43-22(2)3)44-30-16-26(9-10-29(30)34)55-12-11-54-7/h8-10,16,18,21-25,27-28,33,35H,1,11-15,17,19-20H2,2-7H3,(H,43,45)(H,46,53)(H,47,49)(H,51,52)/t23-,24+,25-,27+,28-,33?,35-,42-/m1/s1. The van der Waals surface area contributed by atoms with Crippen LogP contribution in [-0.2, 0) is 23.9 Å². The lowest BCUT2D eigenvalue weighted by molar-refractivity contribution is -0.146. The molecule has 4 aliphatic rings. The van der Waals surface area contributed by atoms with E-state index in [2.05, 4.69) is 22.5 Å². The molecule has 1 aromatic carbocycles. The quantitative estimate of drug-likeness (QED) is 0.103. The predicted octanol–water partition coefficient (Wildman–Crippen LogP) is 5.64. The molecule has 4 N–H and O–H groups in total. The van der Waals surface area contributed by atoms with E-state index in [0.717, 1.165) is 18.0 Å². The fraction of sp³-hybridized carbons (Fsp3) is 0.571. The molecule has 16 heteroatoms. The molecule has 312 valence electrons. The molecule has 0 radical (unpaired) electrons. The van der Waals surface area contributed by atoms with Gasteiger partial charge in [0.25, 0.3) is 0 Å². The normalized spacial score (nSPS) is 26.4. The van der Waals surface area contributed by atoms with Gasteiger partial charge >= 0.3 is 12.1 Å². The number of ether oxygens (including phenoxy) is 4. The second-order valence-corrected chi connectivity index (χ2v) is 18.2. The number of fused-ring (bicyclic) bond motifs is 2. The summed E-state index contributed by atoms with van der Waals surface area (Å²) in [6, 6.07) is 5.26. The van der Waals surface area contributed by atoms with Gasteiger partial charge in [-0.15, -0.1) is 17.9 Å². The number of hydrogen-bond acceptors (Lipinski definition) is 12. The Morgan fingerprint density at radius 2 is 1.81 bits per heavy atom. The predicted molar refractivity (Wildman–Crippen MR) is 218 cm³/mol. The lowest BCUT2D eigenvalue weighted by atomic mass is 9.85. The molecule has 4 fully saturated rings. The van der Waals surface area contributed by atoms with E-state index in [1.807, 2.05) is 58.2 Å². The second kappa shape index (κ2) is 16.4. The van der Waals surface area contributed by atoms with Crippen molar-refractivity contribution in [3.05, 3.63) is 42.3 Å². The summed E-state index contributed by atoms with van der Waals surface area (Å²) < 4.78 is 23.6. The molecular weight excluding hydrogens is 765 g/mol. The molecule has 1 unspecified atom stereocenters. The highest BCUT2D eigenvalue weighted by molar-refractivity contribution is 7.14. The number of carboxylic acids is 1. The lowest BCUT2D eigenvalue weighted by Gasteiger charge is -2.35. The van der Waals surface area contributed by atoms with Gasteiger partial charge in [-0.25, -0.2) is 19.6 Å². The number of methoxy groups -OCH3 is 1. The summed E-state index contributed by atoms with van der Waals surface area (Å²) in [6.07, 6.45) is 2.98. The highest BCUT2D eigenvalue weighted by Gasteiger charge is 2.61. The number of carboxylic acid groups (broad SMARTS) is 1. The van der Waals surface area contributed by atoms with Crippen LogP contribution < -0.4 is 25.4 Å². The minimum absolute atomic E-state index is 0.0201. The van der Waals surface area contributed by atoms with Crippen molar-refractivity contribution in [1.29, 1.82) is 0 Å². The number of amides is 3. The molecule has 0 spiro atoms. The number of thiazole rings is 1. The molecule has 1 aliphatic heterocycles. The zero-order valence-electron chi connectivity index (χ0n) is 33.9. The Morgan fingerprint density at radius 3 is 2.47 bits per heavy atom. The van der Waals surface area contributed by atoms with Crippen molar-refractivity contribution < 1.29 is 43.2 Å². The number of aliphatic carboxylic acids is 1. The van der Waals surface area contributed by atoms with E-state index < -0.39 is 58.9 Å². The third-order valence-corrected chi connectivity index (χ3v) is 12.3. The Bertz CT molecular complexity index is 2060. The van der Waals surface area contributed by atoms with Crippen molar-refractivity contribution in [2.75, 3.05) is 32.2 Å². The van der Waals surface area contributed by atoms with Crippen molar-refractivity contribution in [2.24, 2.45) is 23.2 Å². The number of rotatable bonds is 16. The number of anilines is 1. The summed E-state index contributed by atoms with van der Waals surface area (Å²) in [6.45, 7) is 14.0. The van der Waals surface area contributed by atoms with Crippen molar-refractivity contribution in [1.82, 2.24) is 25.5 Å². The average molecular weight is 819 g/mol. The largest absolute Gasteiger partial charge is 0.491 e. The van der Waals surface area contributed by atoms with Crippen molar-refractivity contribution >= 4 is 51.2 Å².